The van der Waals surface area contributed by atoms with Gasteiger partial charge in [0.15, 0.2) is 0 Å². The molecule has 0 saturated carbocycles. The molecule has 1 atom stereocenters. The van der Waals surface area contributed by atoms with Crippen LogP contribution in [0.5, 0.6) is 0 Å². The molecule has 1 aliphatic rings. The summed E-state index contributed by atoms with van der Waals surface area (Å²) in [5, 5.41) is 0. The van der Waals surface area contributed by atoms with E-state index in [1.54, 1.807) is 0 Å². The molecular formula is C6H10NO3S-. The summed E-state index contributed by atoms with van der Waals surface area (Å²) in [6, 6.07) is 0. The van der Waals surface area contributed by atoms with Crippen LogP contribution >= 0.6 is 0 Å². The van der Waals surface area contributed by atoms with Gasteiger partial charge in [-0.15, -0.1) is 0 Å². The van der Waals surface area contributed by atoms with Gasteiger partial charge in [-0.05, 0) is 12.8 Å². The zero-order valence-electron chi connectivity index (χ0n) is 6.06. The van der Waals surface area contributed by atoms with Crippen LogP contribution in [-0.4, -0.2) is 32.4 Å². The van der Waals surface area contributed by atoms with Gasteiger partial charge >= 0.3 is 0 Å². The molecule has 0 N–H and O–H groups in total. The molecule has 1 aliphatic heterocycles. The van der Waals surface area contributed by atoms with Crippen molar-refractivity contribution in [2.75, 3.05) is 13.1 Å². The summed E-state index contributed by atoms with van der Waals surface area (Å²) in [5.41, 5.74) is 0. The van der Waals surface area contributed by atoms with Gasteiger partial charge in [-0.1, -0.05) is 0 Å². The first kappa shape index (κ1) is 8.83. The molecule has 0 aromatic carbocycles. The highest BCUT2D eigenvalue weighted by molar-refractivity contribution is 7.76. The Morgan fingerprint density at radius 1 is 1.45 bits per heavy atom. The van der Waals surface area contributed by atoms with Crippen LogP contribution in [-0.2, 0) is 16.1 Å². The quantitative estimate of drug-likeness (QED) is 0.428. The molecule has 0 aliphatic carbocycles. The van der Waals surface area contributed by atoms with Crippen molar-refractivity contribution in [2.45, 2.75) is 12.8 Å². The van der Waals surface area contributed by atoms with E-state index in [1.807, 2.05) is 0 Å². The minimum absolute atomic E-state index is 0.0646. The topological polar surface area (TPSA) is 60.4 Å². The molecule has 1 fully saturated rings. The van der Waals surface area contributed by atoms with E-state index in [0.29, 0.717) is 25.9 Å². The van der Waals surface area contributed by atoms with Gasteiger partial charge in [-0.2, -0.15) is 0 Å². The van der Waals surface area contributed by atoms with Crippen molar-refractivity contribution >= 4 is 17.6 Å². The van der Waals surface area contributed by atoms with E-state index >= 15 is 0 Å². The maximum absolute atomic E-state index is 10.4. The van der Waals surface area contributed by atoms with E-state index in [2.05, 4.69) is 0 Å². The first-order chi connectivity index (χ1) is 5.24. The molecular weight excluding hydrogens is 166 g/mol. The fourth-order valence-electron chi connectivity index (χ4n) is 1.16. The molecule has 0 bridgehead atoms. The Hall–Kier alpha value is -0.260. The van der Waals surface area contributed by atoms with E-state index in [0.717, 1.165) is 6.29 Å². The van der Waals surface area contributed by atoms with Gasteiger partial charge in [0.1, 0.15) is 6.29 Å². The summed E-state index contributed by atoms with van der Waals surface area (Å²) in [4.78, 5) is 10.3. The normalized spacial score (nSPS) is 24.8. The fourth-order valence-corrected chi connectivity index (χ4v) is 1.67. The van der Waals surface area contributed by atoms with Gasteiger partial charge in [-0.25, -0.2) is 4.31 Å². The van der Waals surface area contributed by atoms with E-state index in [1.165, 1.54) is 4.31 Å². The van der Waals surface area contributed by atoms with E-state index in [4.69, 9.17) is 0 Å². The molecule has 0 spiro atoms. The predicted molar refractivity (Wildman–Crippen MR) is 39.3 cm³/mol. The average molecular weight is 176 g/mol. The van der Waals surface area contributed by atoms with Gasteiger partial charge in [-0.3, -0.25) is 4.21 Å². The number of nitrogens with zero attached hydrogens (tertiary/aromatic N) is 1. The lowest BCUT2D eigenvalue weighted by atomic mass is 10.0. The fraction of sp³-hybridized carbons (Fsp3) is 0.833. The average Bonchev–Trinajstić information content (AvgIpc) is 2.05. The molecule has 4 nitrogen and oxygen atoms in total. The zero-order chi connectivity index (χ0) is 8.27. The van der Waals surface area contributed by atoms with Crippen molar-refractivity contribution in [3.63, 3.8) is 0 Å². The molecule has 1 unspecified atom stereocenters. The Morgan fingerprint density at radius 3 is 2.36 bits per heavy atom. The Morgan fingerprint density at radius 2 is 2.00 bits per heavy atom. The molecule has 0 aromatic rings. The molecule has 1 heterocycles. The number of carbonyl (C=O) groups excluding carboxylic acids is 1. The van der Waals surface area contributed by atoms with Crippen LogP contribution in [0.15, 0.2) is 0 Å². The molecule has 5 heteroatoms. The van der Waals surface area contributed by atoms with Crippen LogP contribution in [0.2, 0.25) is 0 Å². The summed E-state index contributed by atoms with van der Waals surface area (Å²) in [5.74, 6) is 0.0646. The number of piperidine rings is 1. The maximum Gasteiger partial charge on any atom is 0.123 e. The van der Waals surface area contributed by atoms with Crippen LogP contribution in [0.4, 0.5) is 0 Å². The minimum atomic E-state index is -2.10. The summed E-state index contributed by atoms with van der Waals surface area (Å²) in [6.45, 7) is 0.971. The standard InChI is InChI=1S/C6H11NO3S/c8-5-6-1-3-7(4-2-6)11(9)10/h5-6H,1-4H2,(H,9,10)/p-1. The lowest BCUT2D eigenvalue weighted by Crippen LogP contribution is -2.35. The lowest BCUT2D eigenvalue weighted by molar-refractivity contribution is -0.112. The Kier molecular flexibility index (Phi) is 3.16. The maximum atomic E-state index is 10.4. The summed E-state index contributed by atoms with van der Waals surface area (Å²) < 4.78 is 22.1. The third kappa shape index (κ3) is 2.36. The Bertz CT molecular complexity index is 165. The molecule has 1 rings (SSSR count). The second-order valence-electron chi connectivity index (χ2n) is 2.62. The second kappa shape index (κ2) is 3.94. The van der Waals surface area contributed by atoms with Gasteiger partial charge in [0, 0.05) is 30.3 Å². The second-order valence-corrected chi connectivity index (χ2v) is 3.57. The van der Waals surface area contributed by atoms with Crippen LogP contribution < -0.4 is 0 Å². The van der Waals surface area contributed by atoms with Crippen molar-refractivity contribution in [3.8, 4) is 0 Å². The highest BCUT2D eigenvalue weighted by Crippen LogP contribution is 2.15. The van der Waals surface area contributed by atoms with Gasteiger partial charge in [0.2, 0.25) is 0 Å². The smallest absolute Gasteiger partial charge is 0.123 e. The monoisotopic (exact) mass is 176 g/mol. The number of carbonyl (C=O) groups is 1. The van der Waals surface area contributed by atoms with Crippen molar-refractivity contribution in [3.05, 3.63) is 0 Å². The number of hydrogen-bond donors (Lipinski definition) is 0. The molecule has 0 radical (unpaired) electrons. The largest absolute Gasteiger partial charge is 0.760 e. The lowest BCUT2D eigenvalue weighted by Gasteiger charge is -2.30. The number of aldehydes is 1. The highest BCUT2D eigenvalue weighted by atomic mass is 32.2. The van der Waals surface area contributed by atoms with Crippen molar-refractivity contribution in [2.24, 2.45) is 5.92 Å². The van der Waals surface area contributed by atoms with E-state index in [-0.39, 0.29) is 5.92 Å². The number of rotatable bonds is 2. The van der Waals surface area contributed by atoms with E-state index < -0.39 is 11.3 Å². The summed E-state index contributed by atoms with van der Waals surface area (Å²) in [6.07, 6.45) is 2.24. The molecule has 1 saturated heterocycles. The summed E-state index contributed by atoms with van der Waals surface area (Å²) >= 11 is -2.10. The molecule has 64 valence electrons. The van der Waals surface area contributed by atoms with Gasteiger partial charge < -0.3 is 9.35 Å². The molecule has 0 aromatic heterocycles. The predicted octanol–water partition coefficient (Wildman–Crippen LogP) is -0.309. The van der Waals surface area contributed by atoms with Crippen molar-refractivity contribution in [1.29, 1.82) is 0 Å². The first-order valence-corrected chi connectivity index (χ1v) is 4.57. The summed E-state index contributed by atoms with van der Waals surface area (Å²) in [7, 11) is 0. The Balaban J connectivity index is 2.35. The third-order valence-electron chi connectivity index (χ3n) is 1.90. The molecule has 11 heavy (non-hydrogen) atoms. The van der Waals surface area contributed by atoms with Crippen molar-refractivity contribution in [1.82, 2.24) is 4.31 Å². The SMILES string of the molecule is O=CC1CCN(S(=O)[O-])CC1. The van der Waals surface area contributed by atoms with Crippen LogP contribution in [0.3, 0.4) is 0 Å². The first-order valence-electron chi connectivity index (χ1n) is 3.53. The van der Waals surface area contributed by atoms with Gasteiger partial charge in [0.05, 0.1) is 0 Å². The molecule has 0 amide bonds. The number of hydrogen-bond acceptors (Lipinski definition) is 3. The van der Waals surface area contributed by atoms with Crippen LogP contribution in [0.25, 0.3) is 0 Å². The minimum Gasteiger partial charge on any atom is -0.760 e. The van der Waals surface area contributed by atoms with Crippen molar-refractivity contribution < 1.29 is 13.6 Å². The third-order valence-corrected chi connectivity index (χ3v) is 2.69. The van der Waals surface area contributed by atoms with E-state index in [9.17, 15) is 13.6 Å². The van der Waals surface area contributed by atoms with Gasteiger partial charge in [0.25, 0.3) is 0 Å². The highest BCUT2D eigenvalue weighted by Gasteiger charge is 2.18. The van der Waals surface area contributed by atoms with Crippen LogP contribution in [0.1, 0.15) is 12.8 Å². The Labute approximate surface area is 68.0 Å². The zero-order valence-corrected chi connectivity index (χ0v) is 6.88. The van der Waals surface area contributed by atoms with Crippen LogP contribution in [0, 0.1) is 5.92 Å².